The van der Waals surface area contributed by atoms with E-state index in [1.807, 2.05) is 0 Å². The fourth-order valence-electron chi connectivity index (χ4n) is 4.04. The summed E-state index contributed by atoms with van der Waals surface area (Å²) in [5, 5.41) is 2.90. The van der Waals surface area contributed by atoms with E-state index in [9.17, 15) is 14.4 Å². The summed E-state index contributed by atoms with van der Waals surface area (Å²) in [6.45, 7) is 1.32. The van der Waals surface area contributed by atoms with Crippen LogP contribution in [0, 0.1) is 5.92 Å². The molecule has 2 saturated carbocycles. The fraction of sp³-hybridized carbons (Fsp3) is 0.348. The molecule has 2 fully saturated rings. The molecule has 0 spiro atoms. The lowest BCUT2D eigenvalue weighted by Crippen LogP contribution is -2.36. The van der Waals surface area contributed by atoms with Crippen molar-refractivity contribution in [2.45, 2.75) is 31.7 Å². The quantitative estimate of drug-likeness (QED) is 0.719. The van der Waals surface area contributed by atoms with Gasteiger partial charge in [-0.2, -0.15) is 0 Å². The van der Waals surface area contributed by atoms with Crippen LogP contribution in [0.2, 0.25) is 0 Å². The standard InChI is InChI=1S/C23H22N2O3/c26-20(13-25(15-10-11-15)12-14-8-9-14)24-19-7-3-6-18-21(19)23(28)17-5-2-1-4-16(17)22(18)27/h1-7,14-15H,8-13H2,(H,24,26). The van der Waals surface area contributed by atoms with E-state index in [2.05, 4.69) is 10.2 Å². The molecule has 0 aliphatic heterocycles. The summed E-state index contributed by atoms with van der Waals surface area (Å²) in [5.41, 5.74) is 1.92. The summed E-state index contributed by atoms with van der Waals surface area (Å²) >= 11 is 0. The maximum Gasteiger partial charge on any atom is 0.238 e. The zero-order chi connectivity index (χ0) is 19.3. The summed E-state index contributed by atoms with van der Waals surface area (Å²) < 4.78 is 0. The van der Waals surface area contributed by atoms with Crippen molar-refractivity contribution in [1.29, 1.82) is 0 Å². The lowest BCUT2D eigenvalue weighted by atomic mass is 9.83. The van der Waals surface area contributed by atoms with Crippen molar-refractivity contribution in [1.82, 2.24) is 4.90 Å². The summed E-state index contributed by atoms with van der Waals surface area (Å²) in [6, 6.07) is 12.5. The van der Waals surface area contributed by atoms with E-state index in [4.69, 9.17) is 0 Å². The number of carbonyl (C=O) groups excluding carboxylic acids is 3. The Morgan fingerprint density at radius 3 is 2.25 bits per heavy atom. The predicted octanol–water partition coefficient (Wildman–Crippen LogP) is 3.27. The Kier molecular flexibility index (Phi) is 4.13. The first-order valence-corrected chi connectivity index (χ1v) is 9.97. The van der Waals surface area contributed by atoms with Crippen LogP contribution >= 0.6 is 0 Å². The molecule has 3 aliphatic rings. The Morgan fingerprint density at radius 1 is 0.893 bits per heavy atom. The van der Waals surface area contributed by atoms with Crippen LogP contribution in [0.15, 0.2) is 42.5 Å². The zero-order valence-electron chi connectivity index (χ0n) is 15.6. The number of amides is 1. The SMILES string of the molecule is O=C(CN(CC1CC1)C1CC1)Nc1cccc2c1C(=O)c1ccccc1C2=O. The molecule has 1 N–H and O–H groups in total. The molecule has 0 heterocycles. The second-order valence-corrected chi connectivity index (χ2v) is 8.08. The van der Waals surface area contributed by atoms with Gasteiger partial charge in [-0.05, 0) is 37.7 Å². The highest BCUT2D eigenvalue weighted by atomic mass is 16.2. The van der Waals surface area contributed by atoms with Crippen LogP contribution in [0.1, 0.15) is 57.5 Å². The number of fused-ring (bicyclic) bond motifs is 2. The van der Waals surface area contributed by atoms with E-state index in [1.54, 1.807) is 42.5 Å². The van der Waals surface area contributed by atoms with E-state index >= 15 is 0 Å². The predicted molar refractivity (Wildman–Crippen MR) is 106 cm³/mol. The number of anilines is 1. The van der Waals surface area contributed by atoms with Crippen LogP contribution in [0.25, 0.3) is 0 Å². The van der Waals surface area contributed by atoms with Gasteiger partial charge in [0.1, 0.15) is 0 Å². The average Bonchev–Trinajstić information content (AvgIpc) is 3.59. The van der Waals surface area contributed by atoms with Gasteiger partial charge < -0.3 is 5.32 Å². The van der Waals surface area contributed by atoms with Crippen molar-refractivity contribution < 1.29 is 14.4 Å². The largest absolute Gasteiger partial charge is 0.324 e. The third-order valence-corrected chi connectivity index (χ3v) is 5.83. The number of benzene rings is 2. The van der Waals surface area contributed by atoms with Gasteiger partial charge in [0.2, 0.25) is 5.91 Å². The molecule has 142 valence electrons. The van der Waals surface area contributed by atoms with Crippen LogP contribution in [0.5, 0.6) is 0 Å². The Labute approximate surface area is 163 Å². The van der Waals surface area contributed by atoms with Gasteiger partial charge in [-0.25, -0.2) is 0 Å². The summed E-state index contributed by atoms with van der Waals surface area (Å²) in [7, 11) is 0. The highest BCUT2D eigenvalue weighted by Crippen LogP contribution is 2.35. The molecule has 0 bridgehead atoms. The number of hydrogen-bond donors (Lipinski definition) is 1. The molecule has 2 aromatic carbocycles. The van der Waals surface area contributed by atoms with Gasteiger partial charge in [-0.3, -0.25) is 19.3 Å². The average molecular weight is 374 g/mol. The summed E-state index contributed by atoms with van der Waals surface area (Å²) in [4.78, 5) is 40.9. The molecular weight excluding hydrogens is 352 g/mol. The van der Waals surface area contributed by atoms with Crippen molar-refractivity contribution >= 4 is 23.2 Å². The molecule has 5 rings (SSSR count). The maximum atomic E-state index is 13.0. The zero-order valence-corrected chi connectivity index (χ0v) is 15.6. The molecular formula is C23H22N2O3. The topological polar surface area (TPSA) is 66.5 Å². The Morgan fingerprint density at radius 2 is 1.57 bits per heavy atom. The van der Waals surface area contributed by atoms with Gasteiger partial charge in [0.05, 0.1) is 17.8 Å². The third kappa shape index (κ3) is 3.16. The van der Waals surface area contributed by atoms with E-state index < -0.39 is 0 Å². The lowest BCUT2D eigenvalue weighted by Gasteiger charge is -2.23. The van der Waals surface area contributed by atoms with Crippen molar-refractivity contribution in [2.75, 3.05) is 18.4 Å². The lowest BCUT2D eigenvalue weighted by molar-refractivity contribution is -0.117. The van der Waals surface area contributed by atoms with Crippen molar-refractivity contribution in [3.05, 3.63) is 64.7 Å². The van der Waals surface area contributed by atoms with Crippen molar-refractivity contribution in [2.24, 2.45) is 5.92 Å². The van der Waals surface area contributed by atoms with Gasteiger partial charge in [-0.15, -0.1) is 0 Å². The Hall–Kier alpha value is -2.79. The maximum absolute atomic E-state index is 13.0. The molecule has 1 amide bonds. The molecule has 0 atom stereocenters. The molecule has 3 aliphatic carbocycles. The number of nitrogens with zero attached hydrogens (tertiary/aromatic N) is 1. The number of rotatable bonds is 6. The normalized spacial score (nSPS) is 18.0. The monoisotopic (exact) mass is 374 g/mol. The molecule has 0 aromatic heterocycles. The van der Waals surface area contributed by atoms with E-state index in [-0.39, 0.29) is 17.5 Å². The van der Waals surface area contributed by atoms with Gasteiger partial charge in [0.15, 0.2) is 11.6 Å². The smallest absolute Gasteiger partial charge is 0.238 e. The van der Waals surface area contributed by atoms with Crippen LogP contribution in [0.4, 0.5) is 5.69 Å². The molecule has 0 saturated heterocycles. The first-order chi connectivity index (χ1) is 13.6. The third-order valence-electron chi connectivity index (χ3n) is 5.83. The van der Waals surface area contributed by atoms with Crippen LogP contribution in [0.3, 0.4) is 0 Å². The van der Waals surface area contributed by atoms with Gasteiger partial charge in [0, 0.05) is 29.3 Å². The van der Waals surface area contributed by atoms with Gasteiger partial charge >= 0.3 is 0 Å². The van der Waals surface area contributed by atoms with Crippen LogP contribution < -0.4 is 5.32 Å². The molecule has 2 aromatic rings. The number of carbonyl (C=O) groups is 3. The molecule has 0 unspecified atom stereocenters. The number of hydrogen-bond acceptors (Lipinski definition) is 4. The first-order valence-electron chi connectivity index (χ1n) is 9.97. The second kappa shape index (κ2) is 6.67. The minimum atomic E-state index is -0.210. The van der Waals surface area contributed by atoms with Crippen LogP contribution in [-0.4, -0.2) is 41.5 Å². The summed E-state index contributed by atoms with van der Waals surface area (Å²) in [6.07, 6.45) is 4.83. The van der Waals surface area contributed by atoms with Crippen LogP contribution in [-0.2, 0) is 4.79 Å². The van der Waals surface area contributed by atoms with Crippen molar-refractivity contribution in [3.63, 3.8) is 0 Å². The Balaban J connectivity index is 1.40. The molecule has 5 nitrogen and oxygen atoms in total. The summed E-state index contributed by atoms with van der Waals surface area (Å²) in [5.74, 6) is 0.224. The fourth-order valence-corrected chi connectivity index (χ4v) is 4.04. The van der Waals surface area contributed by atoms with E-state index in [0.717, 1.165) is 25.3 Å². The van der Waals surface area contributed by atoms with Crippen molar-refractivity contribution in [3.8, 4) is 0 Å². The minimum absolute atomic E-state index is 0.125. The van der Waals surface area contributed by atoms with Gasteiger partial charge in [-0.1, -0.05) is 36.4 Å². The molecule has 28 heavy (non-hydrogen) atoms. The highest BCUT2D eigenvalue weighted by Gasteiger charge is 2.35. The number of nitrogens with one attached hydrogen (secondary N) is 1. The molecule has 0 radical (unpaired) electrons. The minimum Gasteiger partial charge on any atom is -0.324 e. The Bertz CT molecular complexity index is 989. The van der Waals surface area contributed by atoms with Gasteiger partial charge in [0.25, 0.3) is 0 Å². The second-order valence-electron chi connectivity index (χ2n) is 8.08. The van der Waals surface area contributed by atoms with E-state index in [1.165, 1.54) is 12.8 Å². The highest BCUT2D eigenvalue weighted by molar-refractivity contribution is 6.30. The molecule has 5 heteroatoms. The van der Waals surface area contributed by atoms with E-state index in [0.29, 0.717) is 40.5 Å². The first kappa shape index (κ1) is 17.3. The number of ketones is 2.